The van der Waals surface area contributed by atoms with E-state index in [2.05, 4.69) is 15.6 Å². The Hall–Kier alpha value is -3.89. The molecule has 12 heteroatoms. The number of nitrogens with one attached hydrogen (secondary N) is 2. The topological polar surface area (TPSA) is 90.9 Å². The predicted octanol–water partition coefficient (Wildman–Crippen LogP) is 5.35. The molecule has 218 valence electrons. The number of para-hydroxylation sites is 1. The van der Waals surface area contributed by atoms with E-state index < -0.39 is 36.6 Å². The van der Waals surface area contributed by atoms with Gasteiger partial charge >= 0.3 is 6.18 Å². The lowest BCUT2D eigenvalue weighted by Gasteiger charge is -2.26. The van der Waals surface area contributed by atoms with Crippen molar-refractivity contribution in [2.75, 3.05) is 18.0 Å². The van der Waals surface area contributed by atoms with Crippen LogP contribution in [0, 0.1) is 5.92 Å². The zero-order valence-electron chi connectivity index (χ0n) is 22.3. The third-order valence-electron chi connectivity index (χ3n) is 7.10. The van der Waals surface area contributed by atoms with E-state index in [9.17, 15) is 27.6 Å². The summed E-state index contributed by atoms with van der Waals surface area (Å²) in [6.45, 7) is 0.493. The summed E-state index contributed by atoms with van der Waals surface area (Å²) in [6, 6.07) is 16.1. The molecule has 0 aromatic heterocycles. The molecule has 3 amide bonds. The first-order valence-electron chi connectivity index (χ1n) is 13.1. The second-order valence-corrected chi connectivity index (χ2v) is 11.0. The molecular weight excluding hydrogens is 592 g/mol. The van der Waals surface area contributed by atoms with Crippen LogP contribution in [0.25, 0.3) is 0 Å². The molecule has 0 fully saturated rings. The van der Waals surface area contributed by atoms with Gasteiger partial charge in [0.05, 0.1) is 21.4 Å². The highest BCUT2D eigenvalue weighted by atomic mass is 35.5. The van der Waals surface area contributed by atoms with Crippen LogP contribution in [-0.4, -0.2) is 48.9 Å². The molecule has 7 nitrogen and oxygen atoms in total. The summed E-state index contributed by atoms with van der Waals surface area (Å²) < 4.78 is 41.2. The van der Waals surface area contributed by atoms with Crippen LogP contribution in [0.1, 0.15) is 39.5 Å². The Morgan fingerprint density at radius 3 is 2.57 bits per heavy atom. The molecule has 0 saturated carbocycles. The molecule has 42 heavy (non-hydrogen) atoms. The summed E-state index contributed by atoms with van der Waals surface area (Å²) in [5.41, 5.74) is 2.97. The minimum atomic E-state index is -4.72. The molecule has 2 aliphatic rings. The van der Waals surface area contributed by atoms with E-state index in [1.165, 1.54) is 12.1 Å². The first-order valence-corrected chi connectivity index (χ1v) is 13.9. The largest absolute Gasteiger partial charge is 0.406 e. The number of aliphatic imine (C=N–C) groups is 1. The Morgan fingerprint density at radius 1 is 1.07 bits per heavy atom. The van der Waals surface area contributed by atoms with E-state index in [4.69, 9.17) is 23.2 Å². The van der Waals surface area contributed by atoms with Gasteiger partial charge in [-0.25, -0.2) is 4.99 Å². The van der Waals surface area contributed by atoms with Gasteiger partial charge in [-0.15, -0.1) is 0 Å². The monoisotopic (exact) mass is 616 g/mol. The average Bonchev–Trinajstić information content (AvgIpc) is 3.05. The zero-order chi connectivity index (χ0) is 30.2. The number of anilines is 1. The Balaban J connectivity index is 1.54. The normalized spacial score (nSPS) is 17.4. The molecule has 0 bridgehead atoms. The number of amides is 3. The third-order valence-corrected chi connectivity index (χ3v) is 7.84. The Morgan fingerprint density at radius 2 is 1.83 bits per heavy atom. The molecule has 1 unspecified atom stereocenters. The van der Waals surface area contributed by atoms with Crippen LogP contribution < -0.4 is 15.5 Å². The number of hydrogen-bond acceptors (Lipinski definition) is 4. The van der Waals surface area contributed by atoms with Gasteiger partial charge in [0.15, 0.2) is 0 Å². The van der Waals surface area contributed by atoms with Gasteiger partial charge in [-0.3, -0.25) is 19.3 Å². The standard InChI is InChI=1S/C30H25Cl2F3N4O3/c1-16(12-17-6-9-22(31)23(32)13-17)27(40)38-26-29(42)39(15-30(33,34)35)24-5-3-2-4-21(24)25(37-26)19-7-8-20-18(14-19)10-11-36-28(20)41/h2-9,13-14,16,26H,10-12,15H2,1H3,(H,36,41)(H,38,40)/t16-,26?/m0/s1. The summed E-state index contributed by atoms with van der Waals surface area (Å²) in [7, 11) is 0. The van der Waals surface area contributed by atoms with Crippen molar-refractivity contribution in [3.05, 3.63) is 98.5 Å². The van der Waals surface area contributed by atoms with Crippen molar-refractivity contribution in [2.24, 2.45) is 10.9 Å². The Kier molecular flexibility index (Phi) is 8.30. The van der Waals surface area contributed by atoms with Gasteiger partial charge in [0.1, 0.15) is 6.54 Å². The Labute approximate surface area is 249 Å². The van der Waals surface area contributed by atoms with Gasteiger partial charge in [-0.2, -0.15) is 13.2 Å². The van der Waals surface area contributed by atoms with E-state index in [0.29, 0.717) is 44.6 Å². The average molecular weight is 617 g/mol. The van der Waals surface area contributed by atoms with Gasteiger partial charge in [-0.1, -0.05) is 60.5 Å². The van der Waals surface area contributed by atoms with Gasteiger partial charge in [0.2, 0.25) is 12.1 Å². The number of carbonyl (C=O) groups excluding carboxylic acids is 3. The fourth-order valence-corrected chi connectivity index (χ4v) is 5.38. The van der Waals surface area contributed by atoms with Gasteiger partial charge in [0.25, 0.3) is 11.8 Å². The van der Waals surface area contributed by atoms with Crippen LogP contribution in [0.15, 0.2) is 65.7 Å². The van der Waals surface area contributed by atoms with Gasteiger partial charge in [0, 0.05) is 29.2 Å². The van der Waals surface area contributed by atoms with E-state index >= 15 is 0 Å². The second-order valence-electron chi connectivity index (χ2n) is 10.2. The van der Waals surface area contributed by atoms with Crippen molar-refractivity contribution in [3.63, 3.8) is 0 Å². The number of benzodiazepines with no additional fused rings is 1. The van der Waals surface area contributed by atoms with Crippen LogP contribution in [0.4, 0.5) is 18.9 Å². The van der Waals surface area contributed by atoms with Gasteiger partial charge in [-0.05, 0) is 54.3 Å². The van der Waals surface area contributed by atoms with Gasteiger partial charge < -0.3 is 10.6 Å². The van der Waals surface area contributed by atoms with E-state index in [-0.39, 0.29) is 29.3 Å². The number of nitrogens with zero attached hydrogens (tertiary/aromatic N) is 2. The summed E-state index contributed by atoms with van der Waals surface area (Å²) in [5.74, 6) is -2.51. The van der Waals surface area contributed by atoms with Crippen LogP contribution in [-0.2, 0) is 22.4 Å². The lowest BCUT2D eigenvalue weighted by atomic mass is 9.93. The van der Waals surface area contributed by atoms with Crippen molar-refractivity contribution < 1.29 is 27.6 Å². The first kappa shape index (κ1) is 29.6. The Bertz CT molecular complexity index is 1610. The molecule has 2 atom stereocenters. The lowest BCUT2D eigenvalue weighted by molar-refractivity contribution is -0.135. The molecule has 5 rings (SSSR count). The van der Waals surface area contributed by atoms with Crippen molar-refractivity contribution in [1.29, 1.82) is 0 Å². The molecule has 0 radical (unpaired) electrons. The smallest absolute Gasteiger partial charge is 0.352 e. The van der Waals surface area contributed by atoms with Crippen LogP contribution in [0.3, 0.4) is 0 Å². The molecule has 2 aliphatic heterocycles. The summed E-state index contributed by atoms with van der Waals surface area (Å²) in [6.07, 6.45) is -5.57. The van der Waals surface area contributed by atoms with Crippen LogP contribution in [0.5, 0.6) is 0 Å². The highest BCUT2D eigenvalue weighted by Crippen LogP contribution is 2.32. The fraction of sp³-hybridized carbons (Fsp3) is 0.267. The molecule has 2 N–H and O–H groups in total. The number of alkyl halides is 3. The molecular formula is C30H25Cl2F3N4O3. The highest BCUT2D eigenvalue weighted by Gasteiger charge is 2.40. The number of hydrogen-bond donors (Lipinski definition) is 2. The zero-order valence-corrected chi connectivity index (χ0v) is 23.8. The molecule has 3 aromatic carbocycles. The number of fused-ring (bicyclic) bond motifs is 2. The number of rotatable bonds is 6. The summed E-state index contributed by atoms with van der Waals surface area (Å²) >= 11 is 12.1. The van der Waals surface area contributed by atoms with E-state index in [1.807, 2.05) is 0 Å². The first-order chi connectivity index (χ1) is 19.9. The van der Waals surface area contributed by atoms with Crippen molar-refractivity contribution in [3.8, 4) is 0 Å². The third kappa shape index (κ3) is 6.29. The van der Waals surface area contributed by atoms with Crippen molar-refractivity contribution in [2.45, 2.75) is 32.1 Å². The quantitative estimate of drug-likeness (QED) is 0.391. The van der Waals surface area contributed by atoms with Crippen LogP contribution in [0.2, 0.25) is 10.0 Å². The molecule has 0 spiro atoms. The molecule has 3 aromatic rings. The van der Waals surface area contributed by atoms with E-state index in [0.717, 1.165) is 5.56 Å². The number of carbonyl (C=O) groups is 3. The maximum Gasteiger partial charge on any atom is 0.406 e. The fourth-order valence-electron chi connectivity index (χ4n) is 5.06. The van der Waals surface area contributed by atoms with Crippen molar-refractivity contribution >= 4 is 52.3 Å². The number of benzene rings is 3. The van der Waals surface area contributed by atoms with Crippen LogP contribution >= 0.6 is 23.2 Å². The molecule has 0 aliphatic carbocycles. The summed E-state index contributed by atoms with van der Waals surface area (Å²) in [4.78, 5) is 44.4. The maximum absolute atomic E-state index is 13.7. The maximum atomic E-state index is 13.7. The van der Waals surface area contributed by atoms with Crippen molar-refractivity contribution in [1.82, 2.24) is 10.6 Å². The minimum Gasteiger partial charge on any atom is -0.352 e. The second kappa shape index (κ2) is 11.8. The minimum absolute atomic E-state index is 0.00893. The molecule has 0 saturated heterocycles. The molecule has 2 heterocycles. The summed E-state index contributed by atoms with van der Waals surface area (Å²) in [5, 5.41) is 6.01. The predicted molar refractivity (Wildman–Crippen MR) is 154 cm³/mol. The number of halogens is 5. The highest BCUT2D eigenvalue weighted by molar-refractivity contribution is 6.42. The van der Waals surface area contributed by atoms with E-state index in [1.54, 1.807) is 55.5 Å². The SMILES string of the molecule is C[C@@H](Cc1ccc(Cl)c(Cl)c1)C(=O)NC1N=C(c2ccc3c(c2)CCNC3=O)c2ccccc2N(CC(F)(F)F)C1=O. The lowest BCUT2D eigenvalue weighted by Crippen LogP contribution is -2.51.